The number of H-pyrrole nitrogens is 1. The molecule has 3 N–H and O–H groups in total. The van der Waals surface area contributed by atoms with Crippen LogP contribution in [-0.2, 0) is 6.42 Å². The van der Waals surface area contributed by atoms with Crippen molar-refractivity contribution in [3.63, 3.8) is 0 Å². The monoisotopic (exact) mass is 365 g/mol. The summed E-state index contributed by atoms with van der Waals surface area (Å²) in [5.41, 5.74) is 1.42. The minimum absolute atomic E-state index is 0.00834. The van der Waals surface area contributed by atoms with Crippen LogP contribution in [0.25, 0.3) is 11.4 Å². The van der Waals surface area contributed by atoms with E-state index in [0.717, 1.165) is 18.4 Å². The van der Waals surface area contributed by atoms with Gasteiger partial charge in [0.05, 0.1) is 5.69 Å². The molecule has 9 nitrogen and oxygen atoms in total. The minimum Gasteiger partial charge on any atom is -0.357 e. The average molecular weight is 365 g/mol. The lowest BCUT2D eigenvalue weighted by molar-refractivity contribution is 0.0951. The van der Waals surface area contributed by atoms with E-state index in [9.17, 15) is 9.59 Å². The maximum Gasteiger partial charge on any atom is 0.277 e. The highest BCUT2D eigenvalue weighted by atomic mass is 16.2. The average Bonchev–Trinajstić information content (AvgIpc) is 2.72. The minimum atomic E-state index is -0.550. The summed E-state index contributed by atoms with van der Waals surface area (Å²) in [4.78, 5) is 36.7. The summed E-state index contributed by atoms with van der Waals surface area (Å²) in [5, 5.41) is 11.9. The second kappa shape index (κ2) is 8.65. The van der Waals surface area contributed by atoms with Crippen molar-refractivity contribution in [2.75, 3.05) is 18.9 Å². The van der Waals surface area contributed by atoms with Crippen LogP contribution in [0.1, 0.15) is 22.3 Å². The summed E-state index contributed by atoms with van der Waals surface area (Å²) < 4.78 is 0. The van der Waals surface area contributed by atoms with Gasteiger partial charge < -0.3 is 10.6 Å². The largest absolute Gasteiger partial charge is 0.357 e. The van der Waals surface area contributed by atoms with E-state index in [2.05, 4.69) is 35.8 Å². The number of aromatic amines is 1. The highest BCUT2D eigenvalue weighted by Crippen LogP contribution is 2.14. The van der Waals surface area contributed by atoms with Gasteiger partial charge in [-0.1, -0.05) is 6.07 Å². The third kappa shape index (κ3) is 4.72. The molecule has 3 heterocycles. The molecule has 0 bridgehead atoms. The molecule has 27 heavy (non-hydrogen) atoms. The van der Waals surface area contributed by atoms with Gasteiger partial charge in [0.2, 0.25) is 5.95 Å². The number of carbonyl (C=O) groups excluding carboxylic acids is 1. The van der Waals surface area contributed by atoms with Gasteiger partial charge in [-0.3, -0.25) is 14.6 Å². The quantitative estimate of drug-likeness (QED) is 0.534. The second-order valence-corrected chi connectivity index (χ2v) is 5.73. The Morgan fingerprint density at radius 1 is 1.22 bits per heavy atom. The van der Waals surface area contributed by atoms with Crippen LogP contribution >= 0.6 is 0 Å². The zero-order chi connectivity index (χ0) is 19.1. The third-order valence-electron chi connectivity index (χ3n) is 3.84. The lowest BCUT2D eigenvalue weighted by Gasteiger charge is -2.06. The maximum atomic E-state index is 12.4. The Kier molecular flexibility index (Phi) is 5.83. The Hall–Kier alpha value is -3.62. The van der Waals surface area contributed by atoms with Gasteiger partial charge in [-0.15, -0.1) is 0 Å². The fourth-order valence-corrected chi connectivity index (χ4v) is 2.46. The van der Waals surface area contributed by atoms with E-state index in [0.29, 0.717) is 23.9 Å². The van der Waals surface area contributed by atoms with Crippen molar-refractivity contribution in [1.29, 1.82) is 0 Å². The third-order valence-corrected chi connectivity index (χ3v) is 3.84. The van der Waals surface area contributed by atoms with Gasteiger partial charge in [0.25, 0.3) is 11.5 Å². The SMILES string of the molecule is CNc1nccc(-c2cc(C(=O)NCCCc3cccnc3)c(=O)[nH]n2)n1. The highest BCUT2D eigenvalue weighted by molar-refractivity contribution is 5.94. The van der Waals surface area contributed by atoms with Crippen LogP contribution in [0.3, 0.4) is 0 Å². The number of carbonyl (C=O) groups is 1. The van der Waals surface area contributed by atoms with Gasteiger partial charge in [0.15, 0.2) is 0 Å². The standard InChI is InChI=1S/C18H19N7O2/c1-19-18-22-9-6-14(23-18)15-10-13(17(27)25-24-15)16(26)21-8-3-5-12-4-2-7-20-11-12/h2,4,6-7,9-11H,3,5,8H2,1H3,(H,21,26)(H,25,27)(H,19,22,23). The predicted octanol–water partition coefficient (Wildman–Crippen LogP) is 1.03. The molecule has 3 aromatic rings. The Balaban J connectivity index is 1.66. The zero-order valence-corrected chi connectivity index (χ0v) is 14.8. The van der Waals surface area contributed by atoms with Crippen molar-refractivity contribution in [2.45, 2.75) is 12.8 Å². The summed E-state index contributed by atoms with van der Waals surface area (Å²) in [7, 11) is 1.70. The molecule has 0 saturated carbocycles. The van der Waals surface area contributed by atoms with E-state index in [1.807, 2.05) is 12.1 Å². The first-order valence-electron chi connectivity index (χ1n) is 8.45. The van der Waals surface area contributed by atoms with E-state index in [-0.39, 0.29) is 5.56 Å². The number of pyridine rings is 1. The van der Waals surface area contributed by atoms with Crippen molar-refractivity contribution >= 4 is 11.9 Å². The Morgan fingerprint density at radius 3 is 2.89 bits per heavy atom. The van der Waals surface area contributed by atoms with Gasteiger partial charge in [0, 0.05) is 32.2 Å². The molecule has 0 aromatic carbocycles. The number of nitrogens with one attached hydrogen (secondary N) is 3. The van der Waals surface area contributed by atoms with Crippen molar-refractivity contribution in [3.8, 4) is 11.4 Å². The Bertz CT molecular complexity index is 973. The number of hydrogen-bond acceptors (Lipinski definition) is 7. The van der Waals surface area contributed by atoms with Crippen LogP contribution < -0.4 is 16.2 Å². The molecule has 0 saturated heterocycles. The molecule has 0 aliphatic heterocycles. The molecule has 0 radical (unpaired) electrons. The number of anilines is 1. The Morgan fingerprint density at radius 2 is 2.11 bits per heavy atom. The van der Waals surface area contributed by atoms with Crippen LogP contribution in [0.2, 0.25) is 0 Å². The molecule has 0 aliphatic rings. The van der Waals surface area contributed by atoms with Crippen LogP contribution in [0.4, 0.5) is 5.95 Å². The molecular formula is C18H19N7O2. The normalized spacial score (nSPS) is 10.4. The first-order valence-corrected chi connectivity index (χ1v) is 8.45. The summed E-state index contributed by atoms with van der Waals surface area (Å²) >= 11 is 0. The van der Waals surface area contributed by atoms with Crippen LogP contribution in [0.5, 0.6) is 0 Å². The summed E-state index contributed by atoms with van der Waals surface area (Å²) in [6, 6.07) is 6.93. The van der Waals surface area contributed by atoms with Crippen LogP contribution in [0, 0.1) is 0 Å². The smallest absolute Gasteiger partial charge is 0.277 e. The molecule has 0 atom stereocenters. The second-order valence-electron chi connectivity index (χ2n) is 5.73. The molecule has 3 aromatic heterocycles. The van der Waals surface area contributed by atoms with Crippen molar-refractivity contribution in [2.24, 2.45) is 0 Å². The molecule has 0 aliphatic carbocycles. The predicted molar refractivity (Wildman–Crippen MR) is 100 cm³/mol. The fraction of sp³-hybridized carbons (Fsp3) is 0.222. The van der Waals surface area contributed by atoms with Crippen molar-refractivity contribution in [1.82, 2.24) is 30.5 Å². The van der Waals surface area contributed by atoms with Gasteiger partial charge >= 0.3 is 0 Å². The van der Waals surface area contributed by atoms with E-state index < -0.39 is 11.5 Å². The number of amides is 1. The van der Waals surface area contributed by atoms with E-state index in [1.165, 1.54) is 6.07 Å². The lowest BCUT2D eigenvalue weighted by atomic mass is 10.1. The number of aryl methyl sites for hydroxylation is 1. The number of hydrogen-bond donors (Lipinski definition) is 3. The van der Waals surface area contributed by atoms with Crippen molar-refractivity contribution < 1.29 is 4.79 Å². The summed E-state index contributed by atoms with van der Waals surface area (Å²) in [6.45, 7) is 0.447. The summed E-state index contributed by atoms with van der Waals surface area (Å²) in [5.74, 6) is -0.0316. The highest BCUT2D eigenvalue weighted by Gasteiger charge is 2.13. The van der Waals surface area contributed by atoms with E-state index in [1.54, 1.807) is 31.7 Å². The molecule has 0 fully saturated rings. The molecule has 0 unspecified atom stereocenters. The topological polar surface area (TPSA) is 126 Å². The van der Waals surface area contributed by atoms with Crippen LogP contribution in [0.15, 0.2) is 47.7 Å². The first-order chi connectivity index (χ1) is 13.2. The van der Waals surface area contributed by atoms with E-state index >= 15 is 0 Å². The van der Waals surface area contributed by atoms with Gasteiger partial charge in [-0.2, -0.15) is 5.10 Å². The molecule has 9 heteroatoms. The van der Waals surface area contributed by atoms with Gasteiger partial charge in [-0.25, -0.2) is 15.1 Å². The molecule has 0 spiro atoms. The summed E-state index contributed by atoms with van der Waals surface area (Å²) in [6.07, 6.45) is 6.61. The number of nitrogens with zero attached hydrogens (tertiary/aromatic N) is 4. The lowest BCUT2D eigenvalue weighted by Crippen LogP contribution is -2.31. The van der Waals surface area contributed by atoms with Crippen molar-refractivity contribution in [3.05, 3.63) is 64.3 Å². The fourth-order valence-electron chi connectivity index (χ4n) is 2.46. The van der Waals surface area contributed by atoms with Gasteiger partial charge in [-0.05, 0) is 36.6 Å². The van der Waals surface area contributed by atoms with E-state index in [4.69, 9.17) is 0 Å². The number of aromatic nitrogens is 5. The first kappa shape index (κ1) is 18.2. The maximum absolute atomic E-state index is 12.4. The molecule has 3 rings (SSSR count). The zero-order valence-electron chi connectivity index (χ0n) is 14.8. The molecule has 138 valence electrons. The molecule has 1 amide bonds. The Labute approximate surface area is 155 Å². The molecular weight excluding hydrogens is 346 g/mol. The van der Waals surface area contributed by atoms with Crippen LogP contribution in [-0.4, -0.2) is 44.6 Å². The number of rotatable bonds is 7. The van der Waals surface area contributed by atoms with Gasteiger partial charge in [0.1, 0.15) is 11.3 Å².